The van der Waals surface area contributed by atoms with Gasteiger partial charge in [0.25, 0.3) is 0 Å². The van der Waals surface area contributed by atoms with E-state index >= 15 is 0 Å². The van der Waals surface area contributed by atoms with Crippen molar-refractivity contribution in [3.63, 3.8) is 0 Å². The van der Waals surface area contributed by atoms with Crippen molar-refractivity contribution >= 4 is 12.0 Å². The zero-order valence-corrected chi connectivity index (χ0v) is 10.0. The Hall–Kier alpha value is -1.51. The summed E-state index contributed by atoms with van der Waals surface area (Å²) in [6.07, 6.45) is -5.40. The van der Waals surface area contributed by atoms with Crippen LogP contribution in [0, 0.1) is 0 Å². The lowest BCUT2D eigenvalue weighted by Gasteiger charge is -2.23. The average molecular weight is 284 g/mol. The van der Waals surface area contributed by atoms with E-state index in [1.807, 2.05) is 0 Å². The minimum Gasteiger partial charge on any atom is -0.479 e. The SMILES string of the molecule is O=C(NCCCC(F)(F)F)NC1(C(=O)O)CCOC1. The number of halogens is 3. The molecule has 0 saturated carbocycles. The number of carboxylic acids is 1. The van der Waals surface area contributed by atoms with E-state index in [4.69, 9.17) is 9.84 Å². The van der Waals surface area contributed by atoms with Crippen molar-refractivity contribution in [1.82, 2.24) is 10.6 Å². The maximum absolute atomic E-state index is 11.9. The van der Waals surface area contributed by atoms with E-state index in [0.29, 0.717) is 0 Å². The van der Waals surface area contributed by atoms with Gasteiger partial charge >= 0.3 is 18.2 Å². The van der Waals surface area contributed by atoms with Crippen molar-refractivity contribution in [3.8, 4) is 0 Å². The topological polar surface area (TPSA) is 87.7 Å². The Balaban J connectivity index is 2.32. The van der Waals surface area contributed by atoms with Crippen molar-refractivity contribution in [2.24, 2.45) is 0 Å². The summed E-state index contributed by atoms with van der Waals surface area (Å²) in [5.41, 5.74) is -1.49. The van der Waals surface area contributed by atoms with E-state index < -0.39 is 30.1 Å². The fourth-order valence-electron chi connectivity index (χ4n) is 1.64. The first kappa shape index (κ1) is 15.5. The van der Waals surface area contributed by atoms with Crippen LogP contribution in [-0.4, -0.2) is 48.6 Å². The van der Waals surface area contributed by atoms with Crippen LogP contribution in [0.4, 0.5) is 18.0 Å². The van der Waals surface area contributed by atoms with Crippen LogP contribution in [-0.2, 0) is 9.53 Å². The first-order valence-electron chi connectivity index (χ1n) is 5.69. The Labute approximate surface area is 107 Å². The van der Waals surface area contributed by atoms with Gasteiger partial charge in [-0.3, -0.25) is 0 Å². The summed E-state index contributed by atoms with van der Waals surface area (Å²) in [7, 11) is 0. The fraction of sp³-hybridized carbons (Fsp3) is 0.800. The van der Waals surface area contributed by atoms with Gasteiger partial charge in [0.2, 0.25) is 0 Å². The highest BCUT2D eigenvalue weighted by Gasteiger charge is 2.43. The number of nitrogens with one attached hydrogen (secondary N) is 2. The molecule has 1 heterocycles. The monoisotopic (exact) mass is 284 g/mol. The van der Waals surface area contributed by atoms with Gasteiger partial charge in [-0.05, 0) is 6.42 Å². The minimum absolute atomic E-state index is 0.123. The molecule has 3 N–H and O–H groups in total. The zero-order valence-electron chi connectivity index (χ0n) is 10.0. The van der Waals surface area contributed by atoms with Crippen molar-refractivity contribution in [2.45, 2.75) is 31.0 Å². The molecule has 19 heavy (non-hydrogen) atoms. The molecule has 1 aliphatic heterocycles. The highest BCUT2D eigenvalue weighted by atomic mass is 19.4. The van der Waals surface area contributed by atoms with E-state index in [1.54, 1.807) is 0 Å². The summed E-state index contributed by atoms with van der Waals surface area (Å²) in [6, 6.07) is -0.810. The molecular weight excluding hydrogens is 269 g/mol. The van der Waals surface area contributed by atoms with Gasteiger partial charge in [-0.2, -0.15) is 13.2 Å². The molecule has 2 amide bonds. The third kappa shape index (κ3) is 4.93. The van der Waals surface area contributed by atoms with Gasteiger partial charge in [0.1, 0.15) is 0 Å². The van der Waals surface area contributed by atoms with Crippen LogP contribution >= 0.6 is 0 Å². The number of rotatable bonds is 5. The molecular formula is C10H15F3N2O4. The fourth-order valence-corrected chi connectivity index (χ4v) is 1.64. The number of urea groups is 1. The van der Waals surface area contributed by atoms with Crippen molar-refractivity contribution in [1.29, 1.82) is 0 Å². The molecule has 1 rings (SSSR count). The summed E-state index contributed by atoms with van der Waals surface area (Å²) in [6.45, 7) is -0.124. The van der Waals surface area contributed by atoms with Gasteiger partial charge in [-0.25, -0.2) is 9.59 Å². The molecule has 0 radical (unpaired) electrons. The van der Waals surface area contributed by atoms with Crippen LogP contribution in [0.1, 0.15) is 19.3 Å². The molecule has 6 nitrogen and oxygen atoms in total. The normalized spacial score (nSPS) is 23.1. The molecule has 1 fully saturated rings. The first-order chi connectivity index (χ1) is 8.75. The molecule has 1 saturated heterocycles. The van der Waals surface area contributed by atoms with E-state index in [1.165, 1.54) is 0 Å². The number of hydrogen-bond donors (Lipinski definition) is 3. The van der Waals surface area contributed by atoms with Crippen LogP contribution in [0.25, 0.3) is 0 Å². The maximum atomic E-state index is 11.9. The van der Waals surface area contributed by atoms with Gasteiger partial charge in [-0.1, -0.05) is 0 Å². The molecule has 0 bridgehead atoms. The number of carboxylic acid groups (broad SMARTS) is 1. The summed E-state index contributed by atoms with van der Waals surface area (Å²) in [5.74, 6) is -1.23. The van der Waals surface area contributed by atoms with Crippen LogP contribution in [0.3, 0.4) is 0 Å². The predicted molar refractivity (Wildman–Crippen MR) is 57.6 cm³/mol. The predicted octanol–water partition coefficient (Wildman–Crippen LogP) is 0.872. The molecule has 1 unspecified atom stereocenters. The van der Waals surface area contributed by atoms with Crippen LogP contribution in [0.15, 0.2) is 0 Å². The highest BCUT2D eigenvalue weighted by Crippen LogP contribution is 2.21. The lowest BCUT2D eigenvalue weighted by molar-refractivity contribution is -0.144. The van der Waals surface area contributed by atoms with Gasteiger partial charge in [0.15, 0.2) is 5.54 Å². The molecule has 1 atom stereocenters. The Morgan fingerprint density at radius 3 is 2.53 bits per heavy atom. The number of carbonyl (C=O) groups is 2. The Bertz CT molecular complexity index is 340. The molecule has 0 aromatic carbocycles. The third-order valence-corrected chi connectivity index (χ3v) is 2.71. The van der Waals surface area contributed by atoms with Crippen LogP contribution < -0.4 is 10.6 Å². The highest BCUT2D eigenvalue weighted by molar-refractivity contribution is 5.86. The number of hydrogen-bond acceptors (Lipinski definition) is 3. The number of aliphatic carboxylic acids is 1. The summed E-state index contributed by atoms with van der Waals surface area (Å²) in [4.78, 5) is 22.5. The Morgan fingerprint density at radius 2 is 2.05 bits per heavy atom. The molecule has 0 aromatic heterocycles. The second-order valence-corrected chi connectivity index (χ2v) is 4.29. The van der Waals surface area contributed by atoms with Crippen molar-refractivity contribution in [2.75, 3.05) is 19.8 Å². The van der Waals surface area contributed by atoms with E-state index in [2.05, 4.69) is 10.6 Å². The van der Waals surface area contributed by atoms with Crippen LogP contribution in [0.5, 0.6) is 0 Å². The van der Waals surface area contributed by atoms with Gasteiger partial charge in [-0.15, -0.1) is 0 Å². The maximum Gasteiger partial charge on any atom is 0.389 e. The summed E-state index contributed by atoms with van der Waals surface area (Å²) >= 11 is 0. The van der Waals surface area contributed by atoms with Gasteiger partial charge in [0.05, 0.1) is 6.61 Å². The van der Waals surface area contributed by atoms with Gasteiger partial charge < -0.3 is 20.5 Å². The quantitative estimate of drug-likeness (QED) is 0.654. The van der Waals surface area contributed by atoms with Crippen molar-refractivity contribution < 1.29 is 32.6 Å². The lowest BCUT2D eigenvalue weighted by atomic mass is 9.99. The zero-order chi connectivity index (χ0) is 14.5. The van der Waals surface area contributed by atoms with E-state index in [0.717, 1.165) is 0 Å². The number of amides is 2. The number of alkyl halides is 3. The second-order valence-electron chi connectivity index (χ2n) is 4.29. The van der Waals surface area contributed by atoms with E-state index in [-0.39, 0.29) is 32.6 Å². The second kappa shape index (κ2) is 6.09. The number of carbonyl (C=O) groups excluding carboxylic acids is 1. The summed E-state index contributed by atoms with van der Waals surface area (Å²) in [5, 5.41) is 13.4. The lowest BCUT2D eigenvalue weighted by Crippen LogP contribution is -2.57. The molecule has 9 heteroatoms. The Morgan fingerprint density at radius 1 is 1.37 bits per heavy atom. The van der Waals surface area contributed by atoms with Crippen LogP contribution in [0.2, 0.25) is 0 Å². The third-order valence-electron chi connectivity index (χ3n) is 2.71. The summed E-state index contributed by atoms with van der Waals surface area (Å²) < 4.78 is 40.5. The molecule has 0 aliphatic carbocycles. The smallest absolute Gasteiger partial charge is 0.389 e. The average Bonchev–Trinajstić information content (AvgIpc) is 2.73. The largest absolute Gasteiger partial charge is 0.479 e. The molecule has 0 aromatic rings. The Kier molecular flexibility index (Phi) is 4.98. The molecule has 110 valence electrons. The van der Waals surface area contributed by atoms with E-state index in [9.17, 15) is 22.8 Å². The molecule has 1 aliphatic rings. The van der Waals surface area contributed by atoms with Gasteiger partial charge in [0, 0.05) is 26.0 Å². The number of ether oxygens (including phenoxy) is 1. The minimum atomic E-state index is -4.26. The first-order valence-corrected chi connectivity index (χ1v) is 5.69. The van der Waals surface area contributed by atoms with Crippen molar-refractivity contribution in [3.05, 3.63) is 0 Å². The standard InChI is InChI=1S/C10H15F3N2O4/c11-10(12,13)2-1-4-14-8(18)15-9(7(16)17)3-5-19-6-9/h1-6H2,(H,16,17)(H2,14,15,18). The molecule has 0 spiro atoms.